The normalized spacial score (nSPS) is 16.1. The molecule has 0 fully saturated rings. The quantitative estimate of drug-likeness (QED) is 0.738. The van der Waals surface area contributed by atoms with Gasteiger partial charge in [-0.15, -0.1) is 0 Å². The van der Waals surface area contributed by atoms with Crippen molar-refractivity contribution in [2.75, 3.05) is 14.2 Å². The molecule has 2 N–H and O–H groups in total. The summed E-state index contributed by atoms with van der Waals surface area (Å²) in [5.41, 5.74) is 4.83. The molecule has 4 rings (SSSR count). The summed E-state index contributed by atoms with van der Waals surface area (Å²) in [5.74, 6) is -1.62. The Bertz CT molecular complexity index is 1030. The van der Waals surface area contributed by atoms with Gasteiger partial charge in [0, 0.05) is 36.8 Å². The minimum Gasteiger partial charge on any atom is -0.354 e. The highest BCUT2D eigenvalue weighted by atomic mass is 16.7. The highest BCUT2D eigenvalue weighted by Crippen LogP contribution is 2.43. The number of benzene rings is 1. The zero-order valence-electron chi connectivity index (χ0n) is 14.1. The minimum absolute atomic E-state index is 0.210. The van der Waals surface area contributed by atoms with Gasteiger partial charge in [0.05, 0.1) is 11.1 Å². The molecule has 3 aromatic rings. The zero-order chi connectivity index (χ0) is 17.1. The summed E-state index contributed by atoms with van der Waals surface area (Å²) in [5, 5.41) is 3.27. The van der Waals surface area contributed by atoms with Gasteiger partial charge in [-0.3, -0.25) is 4.79 Å². The molecule has 5 heteroatoms. The van der Waals surface area contributed by atoms with Crippen LogP contribution in [-0.2, 0) is 20.1 Å². The SMILES string of the molecule is COC1(OC)C(=O)C=Cc2[nH]c3c(C)c4cc[nH+]cc4c(C)c3c21. The largest absolute Gasteiger partial charge is 0.354 e. The molecule has 24 heavy (non-hydrogen) atoms. The Labute approximate surface area is 139 Å². The van der Waals surface area contributed by atoms with Crippen LogP contribution in [0.3, 0.4) is 0 Å². The number of aromatic nitrogens is 2. The van der Waals surface area contributed by atoms with Gasteiger partial charge in [-0.05, 0) is 42.5 Å². The molecule has 0 bridgehead atoms. The highest BCUT2D eigenvalue weighted by molar-refractivity contribution is 6.12. The molecule has 5 nitrogen and oxygen atoms in total. The van der Waals surface area contributed by atoms with Gasteiger partial charge in [-0.25, -0.2) is 4.98 Å². The molecule has 0 aliphatic heterocycles. The number of nitrogens with one attached hydrogen (secondary N) is 2. The molecule has 1 aliphatic carbocycles. The molecule has 0 unspecified atom stereocenters. The van der Waals surface area contributed by atoms with Gasteiger partial charge in [-0.2, -0.15) is 0 Å². The fraction of sp³-hybridized carbons (Fsp3) is 0.263. The summed E-state index contributed by atoms with van der Waals surface area (Å²) in [7, 11) is 3.00. The van der Waals surface area contributed by atoms with Crippen LogP contribution in [0.15, 0.2) is 24.5 Å². The topological polar surface area (TPSA) is 65.5 Å². The lowest BCUT2D eigenvalue weighted by Gasteiger charge is -2.31. The summed E-state index contributed by atoms with van der Waals surface area (Å²) >= 11 is 0. The van der Waals surface area contributed by atoms with E-state index in [0.29, 0.717) is 0 Å². The number of hydrogen-bond acceptors (Lipinski definition) is 3. The number of fused-ring (bicyclic) bond motifs is 4. The Kier molecular flexibility index (Phi) is 3.13. The van der Waals surface area contributed by atoms with Gasteiger partial charge >= 0.3 is 0 Å². The molecule has 1 aromatic carbocycles. The molecular formula is C19H19N2O3+. The molecule has 0 saturated carbocycles. The summed E-state index contributed by atoms with van der Waals surface area (Å²) in [6.07, 6.45) is 7.20. The maximum absolute atomic E-state index is 12.6. The lowest BCUT2D eigenvalue weighted by Crippen LogP contribution is -2.40. The first-order valence-corrected chi connectivity index (χ1v) is 7.83. The number of methoxy groups -OCH3 is 2. The average molecular weight is 323 g/mol. The first-order valence-electron chi connectivity index (χ1n) is 7.83. The second kappa shape index (κ2) is 5.00. The van der Waals surface area contributed by atoms with E-state index in [0.717, 1.165) is 38.7 Å². The fourth-order valence-corrected chi connectivity index (χ4v) is 3.86. The third-order valence-electron chi connectivity index (χ3n) is 5.08. The van der Waals surface area contributed by atoms with Crippen molar-refractivity contribution in [3.63, 3.8) is 0 Å². The monoisotopic (exact) mass is 323 g/mol. The maximum Gasteiger partial charge on any atom is 0.262 e. The Morgan fingerprint density at radius 1 is 1.08 bits per heavy atom. The number of ketones is 1. The lowest BCUT2D eigenvalue weighted by atomic mass is 9.89. The summed E-state index contributed by atoms with van der Waals surface area (Å²) in [6.45, 7) is 4.14. The van der Waals surface area contributed by atoms with Crippen molar-refractivity contribution in [2.45, 2.75) is 19.6 Å². The number of H-pyrrole nitrogens is 2. The van der Waals surface area contributed by atoms with E-state index >= 15 is 0 Å². The van der Waals surface area contributed by atoms with Gasteiger partial charge in [0.15, 0.2) is 12.4 Å². The number of hydrogen-bond donors (Lipinski definition) is 1. The Balaban J connectivity index is 2.25. The average Bonchev–Trinajstić information content (AvgIpc) is 3.01. The summed E-state index contributed by atoms with van der Waals surface area (Å²) in [4.78, 5) is 19.2. The third kappa shape index (κ3) is 1.66. The van der Waals surface area contributed by atoms with Crippen molar-refractivity contribution in [3.05, 3.63) is 46.9 Å². The molecule has 0 atom stereocenters. The Morgan fingerprint density at radius 3 is 2.54 bits per heavy atom. The predicted octanol–water partition coefficient (Wildman–Crippen LogP) is 2.79. The summed E-state index contributed by atoms with van der Waals surface area (Å²) in [6, 6.07) is 2.07. The van der Waals surface area contributed by atoms with Crippen LogP contribution in [0.2, 0.25) is 0 Å². The van der Waals surface area contributed by atoms with E-state index in [4.69, 9.17) is 9.47 Å². The van der Waals surface area contributed by atoms with Crippen molar-refractivity contribution in [1.29, 1.82) is 0 Å². The van der Waals surface area contributed by atoms with Crippen LogP contribution in [-0.4, -0.2) is 25.0 Å². The zero-order valence-corrected chi connectivity index (χ0v) is 14.1. The molecule has 0 saturated heterocycles. The van der Waals surface area contributed by atoms with E-state index in [9.17, 15) is 4.79 Å². The summed E-state index contributed by atoms with van der Waals surface area (Å²) < 4.78 is 11.2. The third-order valence-corrected chi connectivity index (χ3v) is 5.08. The molecule has 0 amide bonds. The van der Waals surface area contributed by atoms with Crippen LogP contribution in [0, 0.1) is 13.8 Å². The molecule has 0 spiro atoms. The van der Waals surface area contributed by atoms with Gasteiger partial charge < -0.3 is 14.5 Å². The van der Waals surface area contributed by atoms with Gasteiger partial charge in [-0.1, -0.05) is 0 Å². The van der Waals surface area contributed by atoms with Crippen LogP contribution in [0.5, 0.6) is 0 Å². The number of aromatic amines is 2. The number of carbonyl (C=O) groups is 1. The first kappa shape index (κ1) is 15.1. The number of rotatable bonds is 2. The molecule has 1 aliphatic rings. The standard InChI is InChI=1S/C19H18N2O3/c1-10-13-9-20-8-7-12(13)11(2)18-16(10)17-14(21-18)5-6-15(22)19(17,23-3)24-4/h5-9,21H,1-4H3/p+1. The van der Waals surface area contributed by atoms with E-state index in [-0.39, 0.29) is 5.78 Å². The van der Waals surface area contributed by atoms with E-state index in [1.165, 1.54) is 25.7 Å². The predicted molar refractivity (Wildman–Crippen MR) is 91.6 cm³/mol. The molecule has 122 valence electrons. The number of aryl methyl sites for hydroxylation is 2. The first-order chi connectivity index (χ1) is 11.5. The Hall–Kier alpha value is -2.50. The maximum atomic E-state index is 12.6. The molecule has 0 radical (unpaired) electrons. The number of carbonyl (C=O) groups excluding carboxylic acids is 1. The van der Waals surface area contributed by atoms with E-state index in [1.807, 2.05) is 12.4 Å². The molecule has 2 aromatic heterocycles. The van der Waals surface area contributed by atoms with Crippen LogP contribution in [0.1, 0.15) is 22.4 Å². The van der Waals surface area contributed by atoms with Crippen LogP contribution >= 0.6 is 0 Å². The van der Waals surface area contributed by atoms with Crippen LogP contribution in [0.25, 0.3) is 27.8 Å². The van der Waals surface area contributed by atoms with Crippen molar-refractivity contribution < 1.29 is 19.3 Å². The van der Waals surface area contributed by atoms with Crippen molar-refractivity contribution in [3.8, 4) is 0 Å². The minimum atomic E-state index is -1.41. The number of pyridine rings is 1. The molecule has 2 heterocycles. The lowest BCUT2D eigenvalue weighted by molar-refractivity contribution is -0.375. The number of ether oxygens (including phenoxy) is 2. The van der Waals surface area contributed by atoms with E-state index in [2.05, 4.69) is 29.9 Å². The van der Waals surface area contributed by atoms with Gasteiger partial charge in [0.2, 0.25) is 5.78 Å². The van der Waals surface area contributed by atoms with Crippen LogP contribution < -0.4 is 4.98 Å². The van der Waals surface area contributed by atoms with Crippen LogP contribution in [0.4, 0.5) is 0 Å². The van der Waals surface area contributed by atoms with E-state index in [1.54, 1.807) is 6.08 Å². The fourth-order valence-electron chi connectivity index (χ4n) is 3.86. The molecular weight excluding hydrogens is 304 g/mol. The smallest absolute Gasteiger partial charge is 0.262 e. The van der Waals surface area contributed by atoms with Gasteiger partial charge in [0.1, 0.15) is 0 Å². The van der Waals surface area contributed by atoms with Crippen molar-refractivity contribution in [1.82, 2.24) is 4.98 Å². The van der Waals surface area contributed by atoms with Crippen molar-refractivity contribution in [2.24, 2.45) is 0 Å². The Morgan fingerprint density at radius 2 is 1.83 bits per heavy atom. The second-order valence-electron chi connectivity index (χ2n) is 6.11. The van der Waals surface area contributed by atoms with Crippen molar-refractivity contribution >= 4 is 33.5 Å². The van der Waals surface area contributed by atoms with E-state index < -0.39 is 5.79 Å². The second-order valence-corrected chi connectivity index (χ2v) is 6.11. The van der Waals surface area contributed by atoms with Gasteiger partial charge in [0.25, 0.3) is 5.79 Å². The highest BCUT2D eigenvalue weighted by Gasteiger charge is 2.46.